The fourth-order valence-corrected chi connectivity index (χ4v) is 2.08. The van der Waals surface area contributed by atoms with Crippen molar-refractivity contribution in [1.29, 1.82) is 0 Å². The van der Waals surface area contributed by atoms with E-state index in [2.05, 4.69) is 15.3 Å². The van der Waals surface area contributed by atoms with Crippen LogP contribution < -0.4 is 10.9 Å². The molecule has 2 heterocycles. The van der Waals surface area contributed by atoms with Gasteiger partial charge in [-0.2, -0.15) is 0 Å². The molecule has 0 amide bonds. The first kappa shape index (κ1) is 13.0. The molecule has 6 heteroatoms. The number of hydrogen-bond acceptors (Lipinski definition) is 4. The molecule has 0 fully saturated rings. The number of anilines is 1. The molecule has 0 spiro atoms. The first-order valence-corrected chi connectivity index (χ1v) is 6.68. The van der Waals surface area contributed by atoms with Gasteiger partial charge in [0, 0.05) is 24.5 Å². The van der Waals surface area contributed by atoms with Crippen LogP contribution in [0.2, 0.25) is 0 Å². The monoisotopic (exact) mass is 356 g/mol. The van der Waals surface area contributed by atoms with Crippen molar-refractivity contribution >= 4 is 28.4 Å². The van der Waals surface area contributed by atoms with Crippen LogP contribution in [0.1, 0.15) is 12.5 Å². The van der Waals surface area contributed by atoms with Gasteiger partial charge in [-0.15, -0.1) is 0 Å². The van der Waals surface area contributed by atoms with Crippen molar-refractivity contribution in [3.63, 3.8) is 0 Å². The maximum absolute atomic E-state index is 11.9. The smallest absolute Gasteiger partial charge is 0.267 e. The third-order valence-corrected chi connectivity index (χ3v) is 3.18. The average Bonchev–Trinajstić information content (AvgIpc) is 2.37. The molecule has 5 nitrogen and oxygen atoms in total. The molecule has 2 aromatic rings. The van der Waals surface area contributed by atoms with Crippen LogP contribution in [0.15, 0.2) is 35.6 Å². The van der Waals surface area contributed by atoms with Gasteiger partial charge in [0.1, 0.15) is 5.82 Å². The van der Waals surface area contributed by atoms with E-state index in [4.69, 9.17) is 0 Å². The highest BCUT2D eigenvalue weighted by Crippen LogP contribution is 2.12. The van der Waals surface area contributed by atoms with Gasteiger partial charge in [0.25, 0.3) is 5.56 Å². The highest BCUT2D eigenvalue weighted by Gasteiger charge is 2.06. The van der Waals surface area contributed by atoms with E-state index in [0.717, 1.165) is 17.9 Å². The number of nitrogens with one attached hydrogen (secondary N) is 1. The summed E-state index contributed by atoms with van der Waals surface area (Å²) in [6.07, 6.45) is 4.85. The predicted molar refractivity (Wildman–Crippen MR) is 78.7 cm³/mol. The van der Waals surface area contributed by atoms with Crippen molar-refractivity contribution in [1.82, 2.24) is 14.5 Å². The Morgan fingerprint density at radius 3 is 3.11 bits per heavy atom. The lowest BCUT2D eigenvalue weighted by Gasteiger charge is -2.10. The molecular weight excluding hydrogens is 343 g/mol. The molecule has 0 aliphatic carbocycles. The molecule has 18 heavy (non-hydrogen) atoms. The Morgan fingerprint density at radius 1 is 1.50 bits per heavy atom. The van der Waals surface area contributed by atoms with Crippen LogP contribution in [-0.2, 0) is 6.54 Å². The molecule has 2 rings (SSSR count). The molecule has 1 N–H and O–H groups in total. The van der Waals surface area contributed by atoms with Crippen molar-refractivity contribution < 1.29 is 0 Å². The largest absolute Gasteiger partial charge is 0.370 e. The van der Waals surface area contributed by atoms with Crippen LogP contribution >= 0.6 is 22.6 Å². The molecule has 0 saturated carbocycles. The van der Waals surface area contributed by atoms with Crippen molar-refractivity contribution in [2.45, 2.75) is 13.5 Å². The van der Waals surface area contributed by atoms with Crippen molar-refractivity contribution in [2.75, 3.05) is 11.9 Å². The zero-order valence-electron chi connectivity index (χ0n) is 9.93. The Kier molecular flexibility index (Phi) is 4.29. The lowest BCUT2D eigenvalue weighted by Crippen LogP contribution is -2.23. The fraction of sp³-hybridized carbons (Fsp3) is 0.250. The van der Waals surface area contributed by atoms with Crippen LogP contribution in [-0.4, -0.2) is 21.1 Å². The number of pyridine rings is 1. The number of hydrogen-bond donors (Lipinski definition) is 1. The quantitative estimate of drug-likeness (QED) is 0.848. The molecule has 94 valence electrons. The van der Waals surface area contributed by atoms with Crippen LogP contribution in [0.4, 0.5) is 5.82 Å². The van der Waals surface area contributed by atoms with Gasteiger partial charge in [-0.05, 0) is 35.6 Å². The lowest BCUT2D eigenvalue weighted by atomic mass is 10.2. The van der Waals surface area contributed by atoms with Crippen LogP contribution in [0.5, 0.6) is 0 Å². The van der Waals surface area contributed by atoms with E-state index < -0.39 is 0 Å². The summed E-state index contributed by atoms with van der Waals surface area (Å²) in [5.41, 5.74) is 0.946. The summed E-state index contributed by atoms with van der Waals surface area (Å²) in [7, 11) is 0. The molecule has 2 aromatic heterocycles. The molecule has 0 aliphatic rings. The second-order valence-corrected chi connectivity index (χ2v) is 4.88. The summed E-state index contributed by atoms with van der Waals surface area (Å²) >= 11 is 1.99. The number of nitrogens with zero attached hydrogens (tertiary/aromatic N) is 3. The SMILES string of the molecule is CCNc1ncccc1Cn1cncc(I)c1=O. The van der Waals surface area contributed by atoms with Gasteiger partial charge in [0.15, 0.2) is 0 Å². The van der Waals surface area contributed by atoms with Gasteiger partial charge in [-0.25, -0.2) is 9.97 Å². The second kappa shape index (κ2) is 5.94. The molecule has 0 aromatic carbocycles. The summed E-state index contributed by atoms with van der Waals surface area (Å²) in [5, 5.41) is 3.18. The summed E-state index contributed by atoms with van der Waals surface area (Å²) in [6, 6.07) is 3.82. The Bertz CT molecular complexity index is 597. The number of aromatic nitrogens is 3. The van der Waals surface area contributed by atoms with Crippen molar-refractivity contribution in [3.8, 4) is 0 Å². The number of halogens is 1. The zero-order valence-corrected chi connectivity index (χ0v) is 12.1. The summed E-state index contributed by atoms with van der Waals surface area (Å²) < 4.78 is 2.20. The van der Waals surface area contributed by atoms with Crippen molar-refractivity contribution in [2.24, 2.45) is 0 Å². The lowest BCUT2D eigenvalue weighted by molar-refractivity contribution is 0.728. The molecular formula is C12H13IN4O. The normalized spacial score (nSPS) is 10.3. The van der Waals surface area contributed by atoms with Crippen molar-refractivity contribution in [3.05, 3.63) is 50.3 Å². The van der Waals surface area contributed by atoms with E-state index in [9.17, 15) is 4.79 Å². The Hall–Kier alpha value is -1.44. The van der Waals surface area contributed by atoms with Gasteiger partial charge in [-0.1, -0.05) is 6.07 Å². The second-order valence-electron chi connectivity index (χ2n) is 3.72. The Balaban J connectivity index is 2.34. The molecule has 0 aliphatic heterocycles. The molecule has 0 saturated heterocycles. The standard InChI is InChI=1S/C12H13IN4O/c1-2-15-11-9(4-3-5-16-11)7-17-8-14-6-10(13)12(17)18/h3-6,8H,2,7H2,1H3,(H,15,16). The maximum atomic E-state index is 11.9. The topological polar surface area (TPSA) is 59.8 Å². The molecule has 0 radical (unpaired) electrons. The highest BCUT2D eigenvalue weighted by molar-refractivity contribution is 14.1. The van der Waals surface area contributed by atoms with Gasteiger partial charge in [0.2, 0.25) is 0 Å². The third kappa shape index (κ3) is 2.87. The van der Waals surface area contributed by atoms with E-state index in [-0.39, 0.29) is 5.56 Å². The maximum Gasteiger partial charge on any atom is 0.267 e. The number of rotatable bonds is 4. The summed E-state index contributed by atoms with van der Waals surface area (Å²) in [4.78, 5) is 20.2. The van der Waals surface area contributed by atoms with Gasteiger partial charge in [-0.3, -0.25) is 9.36 Å². The van der Waals surface area contributed by atoms with Gasteiger partial charge < -0.3 is 5.32 Å². The molecule has 0 unspecified atom stereocenters. The minimum atomic E-state index is -0.0306. The van der Waals surface area contributed by atoms with Gasteiger partial charge in [0.05, 0.1) is 16.4 Å². The predicted octanol–water partition coefficient (Wildman–Crippen LogP) is 1.72. The van der Waals surface area contributed by atoms with E-state index in [1.807, 2.05) is 41.6 Å². The van der Waals surface area contributed by atoms with E-state index >= 15 is 0 Å². The first-order chi connectivity index (χ1) is 8.72. The van der Waals surface area contributed by atoms with Gasteiger partial charge >= 0.3 is 0 Å². The third-order valence-electron chi connectivity index (χ3n) is 2.44. The fourth-order valence-electron chi connectivity index (χ4n) is 1.61. The van der Waals surface area contributed by atoms with E-state index in [0.29, 0.717) is 10.1 Å². The summed E-state index contributed by atoms with van der Waals surface area (Å²) in [5.74, 6) is 0.811. The summed E-state index contributed by atoms with van der Waals surface area (Å²) in [6.45, 7) is 3.28. The van der Waals surface area contributed by atoms with Crippen LogP contribution in [0.3, 0.4) is 0 Å². The Morgan fingerprint density at radius 2 is 2.33 bits per heavy atom. The minimum absolute atomic E-state index is 0.0306. The zero-order chi connectivity index (χ0) is 13.0. The Labute approximate surface area is 118 Å². The average molecular weight is 356 g/mol. The first-order valence-electron chi connectivity index (χ1n) is 5.60. The highest BCUT2D eigenvalue weighted by atomic mass is 127. The van der Waals surface area contributed by atoms with Crippen LogP contribution in [0.25, 0.3) is 0 Å². The molecule has 0 bridgehead atoms. The molecule has 0 atom stereocenters. The minimum Gasteiger partial charge on any atom is -0.370 e. The van der Waals surface area contributed by atoms with E-state index in [1.54, 1.807) is 23.3 Å². The van der Waals surface area contributed by atoms with Crippen LogP contribution in [0, 0.1) is 3.57 Å². The van der Waals surface area contributed by atoms with E-state index in [1.165, 1.54) is 0 Å².